The van der Waals surface area contributed by atoms with E-state index in [2.05, 4.69) is 4.74 Å². The molecule has 0 spiro atoms. The van der Waals surface area contributed by atoms with Gasteiger partial charge in [0.15, 0.2) is 0 Å². The standard InChI is InChI=1S/C11H14F3NO4S/c1-8(2)7-18-15-20(16,17)10-6-4-3-5-9(10)19-11(12,13)14/h3-6,8,15H,7H2,1-2H3. The van der Waals surface area contributed by atoms with Crippen molar-refractivity contribution in [2.75, 3.05) is 6.61 Å². The van der Waals surface area contributed by atoms with Crippen LogP contribution in [0.2, 0.25) is 0 Å². The maximum absolute atomic E-state index is 12.2. The van der Waals surface area contributed by atoms with Gasteiger partial charge >= 0.3 is 6.36 Å². The molecule has 0 aliphatic heterocycles. The predicted molar refractivity (Wildman–Crippen MR) is 64.2 cm³/mol. The van der Waals surface area contributed by atoms with E-state index in [0.29, 0.717) is 0 Å². The zero-order valence-corrected chi connectivity index (χ0v) is 11.6. The van der Waals surface area contributed by atoms with Crippen LogP contribution in [0.4, 0.5) is 13.2 Å². The van der Waals surface area contributed by atoms with Crippen LogP contribution in [0.5, 0.6) is 5.75 Å². The summed E-state index contributed by atoms with van der Waals surface area (Å²) in [6, 6.07) is 4.40. The monoisotopic (exact) mass is 313 g/mol. The van der Waals surface area contributed by atoms with Crippen LogP contribution < -0.4 is 9.62 Å². The first-order chi connectivity index (χ1) is 9.12. The number of rotatable bonds is 6. The number of ether oxygens (including phenoxy) is 1. The smallest absolute Gasteiger partial charge is 0.404 e. The lowest BCUT2D eigenvalue weighted by molar-refractivity contribution is -0.275. The molecule has 20 heavy (non-hydrogen) atoms. The fourth-order valence-electron chi connectivity index (χ4n) is 1.20. The van der Waals surface area contributed by atoms with Gasteiger partial charge in [-0.25, -0.2) is 8.42 Å². The van der Waals surface area contributed by atoms with Gasteiger partial charge in [0, 0.05) is 0 Å². The van der Waals surface area contributed by atoms with Crippen molar-refractivity contribution >= 4 is 10.0 Å². The second-order valence-corrected chi connectivity index (χ2v) is 5.90. The van der Waals surface area contributed by atoms with Crippen molar-refractivity contribution in [1.29, 1.82) is 0 Å². The van der Waals surface area contributed by atoms with E-state index < -0.39 is 27.0 Å². The Morgan fingerprint density at radius 3 is 2.40 bits per heavy atom. The van der Waals surface area contributed by atoms with Gasteiger partial charge < -0.3 is 4.74 Å². The highest BCUT2D eigenvalue weighted by atomic mass is 32.2. The summed E-state index contributed by atoms with van der Waals surface area (Å²) in [5.41, 5.74) is 0. The second-order valence-electron chi connectivity index (χ2n) is 4.29. The molecule has 0 unspecified atom stereocenters. The number of hydrogen-bond acceptors (Lipinski definition) is 4. The molecule has 1 rings (SSSR count). The van der Waals surface area contributed by atoms with Crippen LogP contribution in [-0.4, -0.2) is 21.4 Å². The Labute approximate surface area is 114 Å². The molecule has 0 aromatic heterocycles. The summed E-state index contributed by atoms with van der Waals surface area (Å²) in [6.07, 6.45) is -4.98. The first-order valence-corrected chi connectivity index (χ1v) is 7.08. The molecule has 0 heterocycles. The van der Waals surface area contributed by atoms with Crippen LogP contribution in [-0.2, 0) is 14.9 Å². The van der Waals surface area contributed by atoms with Crippen molar-refractivity contribution in [2.45, 2.75) is 25.1 Å². The number of nitrogens with one attached hydrogen (secondary N) is 1. The molecule has 0 aliphatic carbocycles. The minimum atomic E-state index is -4.98. The number of benzene rings is 1. The third-order valence-corrected chi connectivity index (χ3v) is 3.20. The van der Waals surface area contributed by atoms with E-state index in [1.807, 2.05) is 0 Å². The molecule has 0 bridgehead atoms. The van der Waals surface area contributed by atoms with E-state index in [1.54, 1.807) is 18.7 Å². The van der Waals surface area contributed by atoms with Crippen molar-refractivity contribution in [3.05, 3.63) is 24.3 Å². The van der Waals surface area contributed by atoms with Gasteiger partial charge in [-0.3, -0.25) is 4.84 Å². The largest absolute Gasteiger partial charge is 0.573 e. The minimum absolute atomic E-state index is 0.0550. The van der Waals surface area contributed by atoms with Crippen LogP contribution in [0, 0.1) is 5.92 Å². The van der Waals surface area contributed by atoms with Gasteiger partial charge in [-0.2, -0.15) is 0 Å². The first kappa shape index (κ1) is 16.7. The Bertz CT molecular complexity index is 543. The molecular weight excluding hydrogens is 299 g/mol. The van der Waals surface area contributed by atoms with Gasteiger partial charge in [-0.1, -0.05) is 30.9 Å². The SMILES string of the molecule is CC(C)CONS(=O)(=O)c1ccccc1OC(F)(F)F. The summed E-state index contributed by atoms with van der Waals surface area (Å²) in [5.74, 6) is -0.764. The van der Waals surface area contributed by atoms with Crippen molar-refractivity contribution in [3.63, 3.8) is 0 Å². The fraction of sp³-hybridized carbons (Fsp3) is 0.455. The molecule has 0 atom stereocenters. The van der Waals surface area contributed by atoms with E-state index >= 15 is 0 Å². The number of sulfonamides is 1. The van der Waals surface area contributed by atoms with Gasteiger partial charge in [-0.05, 0) is 18.1 Å². The topological polar surface area (TPSA) is 64.6 Å². The van der Waals surface area contributed by atoms with Gasteiger partial charge in [0.25, 0.3) is 10.0 Å². The third kappa shape index (κ3) is 5.35. The average Bonchev–Trinajstić information content (AvgIpc) is 2.26. The Kier molecular flexibility index (Phi) is 5.37. The Morgan fingerprint density at radius 1 is 1.25 bits per heavy atom. The molecule has 0 saturated carbocycles. The summed E-state index contributed by atoms with van der Waals surface area (Å²) in [5, 5.41) is 0. The number of hydrogen-bond donors (Lipinski definition) is 1. The van der Waals surface area contributed by atoms with Crippen LogP contribution in [0.1, 0.15) is 13.8 Å². The maximum Gasteiger partial charge on any atom is 0.573 e. The van der Waals surface area contributed by atoms with Crippen molar-refractivity contribution in [1.82, 2.24) is 4.89 Å². The predicted octanol–water partition coefficient (Wildman–Crippen LogP) is 2.45. The van der Waals surface area contributed by atoms with Crippen molar-refractivity contribution in [2.24, 2.45) is 5.92 Å². The minimum Gasteiger partial charge on any atom is -0.404 e. The summed E-state index contributed by atoms with van der Waals surface area (Å²) >= 11 is 0. The van der Waals surface area contributed by atoms with Crippen molar-refractivity contribution in [3.8, 4) is 5.75 Å². The Balaban J connectivity index is 2.94. The molecule has 1 N–H and O–H groups in total. The van der Waals surface area contributed by atoms with Gasteiger partial charge in [0.1, 0.15) is 10.6 Å². The lowest BCUT2D eigenvalue weighted by atomic mass is 10.2. The highest BCUT2D eigenvalue weighted by molar-refractivity contribution is 7.89. The molecule has 1 aromatic carbocycles. The third-order valence-electron chi connectivity index (χ3n) is 1.95. The zero-order chi connectivity index (χ0) is 15.4. The highest BCUT2D eigenvalue weighted by Crippen LogP contribution is 2.29. The van der Waals surface area contributed by atoms with E-state index in [4.69, 9.17) is 4.84 Å². The molecule has 1 aromatic rings. The normalized spacial score (nSPS) is 12.7. The van der Waals surface area contributed by atoms with E-state index in [1.165, 1.54) is 12.1 Å². The lowest BCUT2D eigenvalue weighted by Gasteiger charge is -2.14. The summed E-state index contributed by atoms with van der Waals surface area (Å²) in [4.78, 5) is 5.83. The highest BCUT2D eigenvalue weighted by Gasteiger charge is 2.34. The van der Waals surface area contributed by atoms with E-state index in [9.17, 15) is 21.6 Å². The van der Waals surface area contributed by atoms with E-state index in [-0.39, 0.29) is 12.5 Å². The molecule has 5 nitrogen and oxygen atoms in total. The maximum atomic E-state index is 12.2. The molecule has 0 fully saturated rings. The summed E-state index contributed by atoms with van der Waals surface area (Å²) in [6.45, 7) is 3.66. The molecule has 0 aliphatic rings. The molecule has 9 heteroatoms. The number of halogens is 3. The molecule has 114 valence electrons. The van der Waals surface area contributed by atoms with Crippen LogP contribution in [0.15, 0.2) is 29.2 Å². The van der Waals surface area contributed by atoms with Gasteiger partial charge in [0.2, 0.25) is 0 Å². The van der Waals surface area contributed by atoms with Gasteiger partial charge in [0.05, 0.1) is 6.61 Å². The molecule has 0 radical (unpaired) electrons. The van der Waals surface area contributed by atoms with Crippen LogP contribution in [0.25, 0.3) is 0 Å². The number of alkyl halides is 3. The molecule has 0 amide bonds. The quantitative estimate of drug-likeness (QED) is 0.819. The van der Waals surface area contributed by atoms with Crippen LogP contribution >= 0.6 is 0 Å². The van der Waals surface area contributed by atoms with Gasteiger partial charge in [-0.15, -0.1) is 13.2 Å². The fourth-order valence-corrected chi connectivity index (χ4v) is 2.15. The van der Waals surface area contributed by atoms with E-state index in [0.717, 1.165) is 12.1 Å². The summed E-state index contributed by atoms with van der Waals surface area (Å²) in [7, 11) is -4.26. The average molecular weight is 313 g/mol. The Morgan fingerprint density at radius 2 is 1.85 bits per heavy atom. The summed E-state index contributed by atoms with van der Waals surface area (Å²) < 4.78 is 63.9. The van der Waals surface area contributed by atoms with Crippen LogP contribution in [0.3, 0.4) is 0 Å². The zero-order valence-electron chi connectivity index (χ0n) is 10.8. The molecular formula is C11H14F3NO4S. The second kappa shape index (κ2) is 6.42. The van der Waals surface area contributed by atoms with Crippen molar-refractivity contribution < 1.29 is 31.2 Å². The number of para-hydroxylation sites is 1. The Hall–Kier alpha value is -1.32. The lowest BCUT2D eigenvalue weighted by Crippen LogP contribution is -2.27. The first-order valence-electron chi connectivity index (χ1n) is 5.60. The molecule has 0 saturated heterocycles.